The van der Waals surface area contributed by atoms with Crippen molar-refractivity contribution in [2.45, 2.75) is 31.1 Å². The molecule has 4 heterocycles. The van der Waals surface area contributed by atoms with Crippen LogP contribution in [0.2, 0.25) is 0 Å². The number of fused-ring (bicyclic) bond motifs is 1. The van der Waals surface area contributed by atoms with Crippen LogP contribution >= 0.6 is 11.3 Å². The van der Waals surface area contributed by atoms with Crippen molar-refractivity contribution in [3.8, 4) is 5.88 Å². The molecule has 0 radical (unpaired) electrons. The predicted molar refractivity (Wildman–Crippen MR) is 86.8 cm³/mol. The molecular weight excluding hydrogens is 312 g/mol. The molecule has 2 aliphatic heterocycles. The highest BCUT2D eigenvalue weighted by Gasteiger charge is 2.47. The third kappa shape index (κ3) is 2.84. The molecule has 0 bridgehead atoms. The number of pyridine rings is 1. The zero-order chi connectivity index (χ0) is 15.6. The molecule has 120 valence electrons. The first kappa shape index (κ1) is 14.7. The summed E-state index contributed by atoms with van der Waals surface area (Å²) in [5.41, 5.74) is 0.748. The third-order valence-electron chi connectivity index (χ3n) is 4.42. The topological polar surface area (TPSA) is 51.7 Å². The van der Waals surface area contributed by atoms with E-state index >= 15 is 0 Å². The van der Waals surface area contributed by atoms with Crippen LogP contribution in [0.15, 0.2) is 41.2 Å². The third-order valence-corrected chi connectivity index (χ3v) is 5.10. The Labute approximate surface area is 138 Å². The number of hydrogen-bond acceptors (Lipinski definition) is 5. The lowest BCUT2D eigenvalue weighted by atomic mass is 10.0. The maximum Gasteiger partial charge on any atom is 0.255 e. The van der Waals surface area contributed by atoms with Gasteiger partial charge < -0.3 is 14.4 Å². The molecule has 0 aromatic carbocycles. The average Bonchev–Trinajstić information content (AvgIpc) is 3.24. The van der Waals surface area contributed by atoms with Crippen molar-refractivity contribution >= 4 is 17.2 Å². The minimum absolute atomic E-state index is 0.0684. The summed E-state index contributed by atoms with van der Waals surface area (Å²) in [6.07, 6.45) is 3.40. The largest absolute Gasteiger partial charge is 0.470 e. The molecule has 23 heavy (non-hydrogen) atoms. The number of carbonyl (C=O) groups is 1. The summed E-state index contributed by atoms with van der Waals surface area (Å²) in [6.45, 7) is 1.27. The second kappa shape index (κ2) is 6.29. The van der Waals surface area contributed by atoms with Crippen molar-refractivity contribution in [2.75, 3.05) is 13.2 Å². The molecule has 2 aromatic heterocycles. The molecule has 0 unspecified atom stereocenters. The van der Waals surface area contributed by atoms with Crippen molar-refractivity contribution < 1.29 is 14.3 Å². The lowest BCUT2D eigenvalue weighted by molar-refractivity contribution is -0.0455. The molecule has 4 rings (SSSR count). The van der Waals surface area contributed by atoms with Crippen molar-refractivity contribution in [3.05, 3.63) is 46.8 Å². The fourth-order valence-electron chi connectivity index (χ4n) is 3.37. The quantitative estimate of drug-likeness (QED) is 0.868. The molecule has 2 fully saturated rings. The van der Waals surface area contributed by atoms with Gasteiger partial charge in [-0.15, -0.1) is 0 Å². The molecule has 0 aliphatic carbocycles. The van der Waals surface area contributed by atoms with Crippen LogP contribution in [-0.2, 0) is 4.74 Å². The van der Waals surface area contributed by atoms with Gasteiger partial charge in [-0.1, -0.05) is 6.07 Å². The maximum absolute atomic E-state index is 12.8. The Morgan fingerprint density at radius 2 is 2.35 bits per heavy atom. The molecule has 2 aliphatic rings. The molecule has 2 aromatic rings. The molecule has 1 amide bonds. The zero-order valence-corrected chi connectivity index (χ0v) is 13.4. The first-order chi connectivity index (χ1) is 11.3. The minimum atomic E-state index is -0.169. The van der Waals surface area contributed by atoms with E-state index in [1.165, 1.54) is 11.3 Å². The molecule has 0 spiro atoms. The highest BCUT2D eigenvalue weighted by molar-refractivity contribution is 7.08. The second-order valence-electron chi connectivity index (χ2n) is 5.84. The Balaban J connectivity index is 1.56. The first-order valence-corrected chi connectivity index (χ1v) is 8.79. The summed E-state index contributed by atoms with van der Waals surface area (Å²) in [6, 6.07) is 7.54. The summed E-state index contributed by atoms with van der Waals surface area (Å²) >= 11 is 1.54. The van der Waals surface area contributed by atoms with E-state index in [1.54, 1.807) is 6.20 Å². The van der Waals surface area contributed by atoms with Crippen LogP contribution in [0.25, 0.3) is 0 Å². The van der Waals surface area contributed by atoms with Gasteiger partial charge in [-0.2, -0.15) is 11.3 Å². The molecule has 5 nitrogen and oxygen atoms in total. The average molecular weight is 330 g/mol. The van der Waals surface area contributed by atoms with E-state index in [4.69, 9.17) is 9.47 Å². The number of ether oxygens (including phenoxy) is 2. The van der Waals surface area contributed by atoms with Gasteiger partial charge in [0.1, 0.15) is 12.2 Å². The lowest BCUT2D eigenvalue weighted by Gasteiger charge is -2.31. The van der Waals surface area contributed by atoms with E-state index in [0.717, 1.165) is 25.0 Å². The Kier molecular flexibility index (Phi) is 4.01. The Morgan fingerprint density at radius 1 is 1.39 bits per heavy atom. The Bertz CT molecular complexity index is 662. The highest BCUT2D eigenvalue weighted by Crippen LogP contribution is 2.32. The fourth-order valence-corrected chi connectivity index (χ4v) is 4.00. The van der Waals surface area contributed by atoms with Gasteiger partial charge in [0.05, 0.1) is 18.2 Å². The van der Waals surface area contributed by atoms with Crippen LogP contribution in [0.3, 0.4) is 0 Å². The number of amides is 1. The van der Waals surface area contributed by atoms with Crippen molar-refractivity contribution in [3.63, 3.8) is 0 Å². The minimum Gasteiger partial charge on any atom is -0.470 e. The molecule has 3 atom stereocenters. The summed E-state index contributed by atoms with van der Waals surface area (Å²) in [5.74, 6) is 0.647. The molecule has 0 N–H and O–H groups in total. The number of aromatic nitrogens is 1. The van der Waals surface area contributed by atoms with Crippen LogP contribution < -0.4 is 4.74 Å². The van der Waals surface area contributed by atoms with E-state index < -0.39 is 0 Å². The number of likely N-dealkylation sites (tertiary alicyclic amines) is 1. The van der Waals surface area contributed by atoms with Gasteiger partial charge in [-0.3, -0.25) is 4.79 Å². The maximum atomic E-state index is 12.8. The monoisotopic (exact) mass is 330 g/mol. The number of thiophene rings is 1. The van der Waals surface area contributed by atoms with Crippen molar-refractivity contribution in [1.29, 1.82) is 0 Å². The van der Waals surface area contributed by atoms with Crippen molar-refractivity contribution in [1.82, 2.24) is 9.88 Å². The van der Waals surface area contributed by atoms with E-state index in [9.17, 15) is 4.79 Å². The fraction of sp³-hybridized carbons (Fsp3) is 0.412. The number of carbonyl (C=O) groups excluding carboxylic acids is 1. The van der Waals surface area contributed by atoms with E-state index in [-0.39, 0.29) is 24.2 Å². The van der Waals surface area contributed by atoms with Crippen LogP contribution in [0.5, 0.6) is 5.88 Å². The summed E-state index contributed by atoms with van der Waals surface area (Å²) in [5, 5.41) is 3.83. The van der Waals surface area contributed by atoms with Crippen LogP contribution in [0.1, 0.15) is 23.2 Å². The van der Waals surface area contributed by atoms with Gasteiger partial charge >= 0.3 is 0 Å². The van der Waals surface area contributed by atoms with Gasteiger partial charge in [0.2, 0.25) is 5.88 Å². The van der Waals surface area contributed by atoms with E-state index in [0.29, 0.717) is 12.4 Å². The van der Waals surface area contributed by atoms with Gasteiger partial charge in [0.25, 0.3) is 5.91 Å². The van der Waals surface area contributed by atoms with Crippen molar-refractivity contribution in [2.24, 2.45) is 0 Å². The molecule has 2 saturated heterocycles. The lowest BCUT2D eigenvalue weighted by Crippen LogP contribution is -2.44. The number of hydrogen-bond donors (Lipinski definition) is 0. The summed E-state index contributed by atoms with van der Waals surface area (Å²) in [7, 11) is 0. The highest BCUT2D eigenvalue weighted by atomic mass is 32.1. The van der Waals surface area contributed by atoms with Crippen LogP contribution in [0, 0.1) is 0 Å². The standard InChI is InChI=1S/C17H18N2O3S/c20-17(12-6-9-23-11-12)19-10-14(16-13(19)4-3-8-21-16)22-15-5-1-2-7-18-15/h1-2,5-7,9,11,13-14,16H,3-4,8,10H2/t13-,14-,16+/m1/s1. The molecule has 6 heteroatoms. The van der Waals surface area contributed by atoms with E-state index in [1.807, 2.05) is 39.9 Å². The Hall–Kier alpha value is -1.92. The SMILES string of the molecule is O=C(c1ccsc1)N1C[C@@H](Oc2ccccn2)[C@H]2OCCC[C@H]21. The first-order valence-electron chi connectivity index (χ1n) is 7.85. The molecule has 0 saturated carbocycles. The van der Waals surface area contributed by atoms with Gasteiger partial charge in [-0.05, 0) is 30.4 Å². The van der Waals surface area contributed by atoms with E-state index in [2.05, 4.69) is 4.98 Å². The summed E-state index contributed by atoms with van der Waals surface area (Å²) < 4.78 is 12.0. The van der Waals surface area contributed by atoms with Gasteiger partial charge in [0.15, 0.2) is 0 Å². The normalized spacial score (nSPS) is 26.8. The Morgan fingerprint density at radius 3 is 3.13 bits per heavy atom. The van der Waals surface area contributed by atoms with Crippen LogP contribution in [-0.4, -0.2) is 47.2 Å². The van der Waals surface area contributed by atoms with Gasteiger partial charge in [0, 0.05) is 24.3 Å². The second-order valence-corrected chi connectivity index (χ2v) is 6.62. The molecular formula is C17H18N2O3S. The number of nitrogens with zero attached hydrogens (tertiary/aromatic N) is 2. The number of rotatable bonds is 3. The predicted octanol–water partition coefficient (Wildman–Crippen LogP) is 2.59. The smallest absolute Gasteiger partial charge is 0.255 e. The van der Waals surface area contributed by atoms with Gasteiger partial charge in [-0.25, -0.2) is 4.98 Å². The van der Waals surface area contributed by atoms with Crippen LogP contribution in [0.4, 0.5) is 0 Å². The zero-order valence-electron chi connectivity index (χ0n) is 12.6. The summed E-state index contributed by atoms with van der Waals surface area (Å²) in [4.78, 5) is 18.9.